The molecule has 50 valence electrons. The van der Waals surface area contributed by atoms with Gasteiger partial charge in [-0.1, -0.05) is 0 Å². The molecule has 0 aliphatic rings. The van der Waals surface area contributed by atoms with Crippen LogP contribution in [0.15, 0.2) is 0 Å². The van der Waals surface area contributed by atoms with E-state index in [2.05, 4.69) is 0 Å². The average Bonchev–Trinajstić information content (AvgIpc) is 1.64. The SMILES string of the molecule is CN(C)N(C)N(C)C. The molecular weight excluding hydrogens is 102 g/mol. The Kier molecular flexibility index (Phi) is 2.97. The summed E-state index contributed by atoms with van der Waals surface area (Å²) in [5.74, 6) is 0. The summed E-state index contributed by atoms with van der Waals surface area (Å²) in [5, 5.41) is 6.00. The largest absolute Gasteiger partial charge is 0.234 e. The summed E-state index contributed by atoms with van der Waals surface area (Å²) in [4.78, 5) is 0. The maximum Gasteiger partial charge on any atom is 0.0178 e. The fourth-order valence-electron chi connectivity index (χ4n) is 0.358. The van der Waals surface area contributed by atoms with Crippen LogP contribution in [0.4, 0.5) is 0 Å². The summed E-state index contributed by atoms with van der Waals surface area (Å²) in [7, 11) is 10.0. The lowest BCUT2D eigenvalue weighted by atomic mass is 11.0. The Balaban J connectivity index is 3.46. The zero-order chi connectivity index (χ0) is 6.73. The van der Waals surface area contributed by atoms with Crippen LogP contribution in [-0.2, 0) is 0 Å². The Morgan fingerprint density at radius 1 is 0.625 bits per heavy atom. The van der Waals surface area contributed by atoms with Crippen molar-refractivity contribution >= 4 is 0 Å². The van der Waals surface area contributed by atoms with E-state index in [0.29, 0.717) is 0 Å². The van der Waals surface area contributed by atoms with Crippen LogP contribution in [-0.4, -0.2) is 50.4 Å². The van der Waals surface area contributed by atoms with E-state index in [0.717, 1.165) is 0 Å². The monoisotopic (exact) mass is 117 g/mol. The Morgan fingerprint density at radius 2 is 0.875 bits per heavy atom. The van der Waals surface area contributed by atoms with Gasteiger partial charge in [-0.3, -0.25) is 0 Å². The molecule has 0 aromatic carbocycles. The summed E-state index contributed by atoms with van der Waals surface area (Å²) in [6, 6.07) is 0. The molecule has 0 saturated carbocycles. The van der Waals surface area contributed by atoms with Crippen molar-refractivity contribution in [2.75, 3.05) is 35.2 Å². The second-order valence-corrected chi connectivity index (χ2v) is 2.18. The molecule has 0 heterocycles. The fourth-order valence-corrected chi connectivity index (χ4v) is 0.358. The van der Waals surface area contributed by atoms with Gasteiger partial charge in [0.15, 0.2) is 0 Å². The highest BCUT2D eigenvalue weighted by Crippen LogP contribution is 1.85. The van der Waals surface area contributed by atoms with Crippen LogP contribution in [0.3, 0.4) is 0 Å². The third kappa shape index (κ3) is 2.26. The van der Waals surface area contributed by atoms with Gasteiger partial charge in [0, 0.05) is 35.2 Å². The summed E-state index contributed by atoms with van der Waals surface area (Å²) < 4.78 is 0. The van der Waals surface area contributed by atoms with E-state index < -0.39 is 0 Å². The molecule has 0 aliphatic heterocycles. The first-order valence-electron chi connectivity index (χ1n) is 2.64. The quantitative estimate of drug-likeness (QED) is 0.466. The standard InChI is InChI=1S/C5H15N3/c1-6(2)8(5)7(3)4/h1-5H3. The fraction of sp³-hybridized carbons (Fsp3) is 1.00. The molecule has 0 amide bonds. The Bertz CT molecular complexity index is 52.7. The van der Waals surface area contributed by atoms with Gasteiger partial charge in [0.25, 0.3) is 0 Å². The average molecular weight is 117 g/mol. The minimum Gasteiger partial charge on any atom is -0.234 e. The van der Waals surface area contributed by atoms with Gasteiger partial charge in [0.2, 0.25) is 0 Å². The second kappa shape index (κ2) is 3.02. The Labute approximate surface area is 51.4 Å². The third-order valence-electron chi connectivity index (χ3n) is 1.16. The number of rotatable bonds is 2. The predicted octanol–water partition coefficient (Wildman–Crippen LogP) is -0.129. The van der Waals surface area contributed by atoms with Gasteiger partial charge < -0.3 is 0 Å². The maximum atomic E-state index is 2.00. The maximum absolute atomic E-state index is 2.00. The molecule has 0 aliphatic carbocycles. The molecule has 0 aromatic heterocycles. The summed E-state index contributed by atoms with van der Waals surface area (Å²) in [6.45, 7) is 0. The van der Waals surface area contributed by atoms with Gasteiger partial charge in [-0.25, -0.2) is 10.0 Å². The van der Waals surface area contributed by atoms with E-state index in [1.807, 2.05) is 50.4 Å². The number of hydrogen-bond acceptors (Lipinski definition) is 3. The molecule has 3 heteroatoms. The van der Waals surface area contributed by atoms with E-state index in [1.54, 1.807) is 0 Å². The molecule has 0 N–H and O–H groups in total. The molecule has 0 spiro atoms. The molecule has 3 nitrogen and oxygen atoms in total. The van der Waals surface area contributed by atoms with Crippen LogP contribution in [0.25, 0.3) is 0 Å². The van der Waals surface area contributed by atoms with Crippen LogP contribution in [0.5, 0.6) is 0 Å². The smallest absolute Gasteiger partial charge is 0.0178 e. The highest BCUT2D eigenvalue weighted by atomic mass is 15.8. The highest BCUT2D eigenvalue weighted by molar-refractivity contribution is 4.28. The van der Waals surface area contributed by atoms with E-state index >= 15 is 0 Å². The predicted molar refractivity (Wildman–Crippen MR) is 35.1 cm³/mol. The first kappa shape index (κ1) is 7.88. The second-order valence-electron chi connectivity index (χ2n) is 2.18. The normalized spacial score (nSPS) is 12.0. The van der Waals surface area contributed by atoms with Crippen LogP contribution >= 0.6 is 0 Å². The van der Waals surface area contributed by atoms with Crippen molar-refractivity contribution in [1.82, 2.24) is 15.1 Å². The van der Waals surface area contributed by atoms with Crippen molar-refractivity contribution in [3.8, 4) is 0 Å². The lowest BCUT2D eigenvalue weighted by Gasteiger charge is -2.29. The lowest BCUT2D eigenvalue weighted by Crippen LogP contribution is -2.42. The van der Waals surface area contributed by atoms with E-state index in [4.69, 9.17) is 0 Å². The van der Waals surface area contributed by atoms with Gasteiger partial charge in [-0.2, -0.15) is 5.12 Å². The summed E-state index contributed by atoms with van der Waals surface area (Å²) in [5.41, 5.74) is 0. The first-order chi connectivity index (χ1) is 3.55. The van der Waals surface area contributed by atoms with Crippen LogP contribution in [0.2, 0.25) is 0 Å². The summed E-state index contributed by atoms with van der Waals surface area (Å²) >= 11 is 0. The lowest BCUT2D eigenvalue weighted by molar-refractivity contribution is -0.109. The van der Waals surface area contributed by atoms with E-state index in [-0.39, 0.29) is 0 Å². The van der Waals surface area contributed by atoms with Crippen LogP contribution in [0.1, 0.15) is 0 Å². The number of nitrogens with zero attached hydrogens (tertiary/aromatic N) is 3. The molecule has 0 atom stereocenters. The molecule has 0 unspecified atom stereocenters. The van der Waals surface area contributed by atoms with Gasteiger partial charge in [-0.15, -0.1) is 0 Å². The first-order valence-corrected chi connectivity index (χ1v) is 2.64. The zero-order valence-corrected chi connectivity index (χ0v) is 6.34. The Hall–Kier alpha value is -0.120. The van der Waals surface area contributed by atoms with Gasteiger partial charge in [0.05, 0.1) is 0 Å². The van der Waals surface area contributed by atoms with Crippen molar-refractivity contribution in [3.05, 3.63) is 0 Å². The zero-order valence-electron chi connectivity index (χ0n) is 6.34. The van der Waals surface area contributed by atoms with E-state index in [9.17, 15) is 0 Å². The topological polar surface area (TPSA) is 9.72 Å². The molecule has 0 radical (unpaired) electrons. The van der Waals surface area contributed by atoms with Crippen LogP contribution in [0, 0.1) is 0 Å². The molecule has 0 saturated heterocycles. The number of hydrazine groups is 2. The van der Waals surface area contributed by atoms with Gasteiger partial charge in [-0.05, 0) is 0 Å². The van der Waals surface area contributed by atoms with Crippen molar-refractivity contribution in [3.63, 3.8) is 0 Å². The van der Waals surface area contributed by atoms with Gasteiger partial charge >= 0.3 is 0 Å². The Morgan fingerprint density at radius 3 is 0.875 bits per heavy atom. The van der Waals surface area contributed by atoms with Crippen molar-refractivity contribution in [1.29, 1.82) is 0 Å². The minimum absolute atomic E-state index is 2.00. The minimum atomic E-state index is 2.00. The van der Waals surface area contributed by atoms with Crippen molar-refractivity contribution < 1.29 is 0 Å². The highest BCUT2D eigenvalue weighted by Gasteiger charge is 1.99. The molecule has 8 heavy (non-hydrogen) atoms. The van der Waals surface area contributed by atoms with Crippen LogP contribution < -0.4 is 0 Å². The van der Waals surface area contributed by atoms with Crippen molar-refractivity contribution in [2.45, 2.75) is 0 Å². The third-order valence-corrected chi connectivity index (χ3v) is 1.16. The summed E-state index contributed by atoms with van der Waals surface area (Å²) in [6.07, 6.45) is 0. The van der Waals surface area contributed by atoms with Gasteiger partial charge in [0.1, 0.15) is 0 Å². The molecule has 0 aromatic rings. The molecular formula is C5H15N3. The molecule has 0 rings (SSSR count). The number of hydrogen-bond donors (Lipinski definition) is 0. The molecule has 0 fully saturated rings. The van der Waals surface area contributed by atoms with Crippen molar-refractivity contribution in [2.24, 2.45) is 0 Å². The van der Waals surface area contributed by atoms with E-state index in [1.165, 1.54) is 0 Å². The molecule has 0 bridgehead atoms.